The Morgan fingerprint density at radius 2 is 1.61 bits per heavy atom. The Morgan fingerprint density at radius 1 is 0.893 bits per heavy atom. The lowest BCUT2D eigenvalue weighted by Gasteiger charge is -2.20. The number of carbonyl (C=O) groups is 2. The molecular formula is C22H26N2O4. The predicted octanol–water partition coefficient (Wildman–Crippen LogP) is 3.97. The molecule has 0 aliphatic carbocycles. The number of nitrogens with zero attached hydrogens (tertiary/aromatic N) is 1. The minimum absolute atomic E-state index is 0.0152. The van der Waals surface area contributed by atoms with Gasteiger partial charge in [0.2, 0.25) is 0 Å². The van der Waals surface area contributed by atoms with Crippen LogP contribution in [0.25, 0.3) is 0 Å². The van der Waals surface area contributed by atoms with Crippen molar-refractivity contribution in [2.75, 3.05) is 32.6 Å². The number of hydrogen-bond donors (Lipinski definition) is 1. The minimum Gasteiger partial charge on any atom is -0.497 e. The first-order valence-electron chi connectivity index (χ1n) is 9.55. The molecule has 1 aliphatic rings. The van der Waals surface area contributed by atoms with Gasteiger partial charge in [0.15, 0.2) is 0 Å². The maximum absolute atomic E-state index is 12.8. The molecule has 0 saturated carbocycles. The number of benzene rings is 2. The second-order valence-corrected chi connectivity index (χ2v) is 6.81. The maximum atomic E-state index is 12.8. The van der Waals surface area contributed by atoms with Crippen LogP contribution in [0.3, 0.4) is 0 Å². The molecule has 0 bridgehead atoms. The molecule has 2 aromatic carbocycles. The molecule has 6 nitrogen and oxygen atoms in total. The van der Waals surface area contributed by atoms with Crippen LogP contribution in [-0.2, 0) is 0 Å². The highest BCUT2D eigenvalue weighted by atomic mass is 16.5. The molecule has 0 aromatic heterocycles. The summed E-state index contributed by atoms with van der Waals surface area (Å²) in [6, 6.07) is 12.0. The highest BCUT2D eigenvalue weighted by Crippen LogP contribution is 2.29. The van der Waals surface area contributed by atoms with Gasteiger partial charge in [-0.05, 0) is 43.2 Å². The highest BCUT2D eigenvalue weighted by Gasteiger charge is 2.19. The van der Waals surface area contributed by atoms with Gasteiger partial charge in [-0.2, -0.15) is 0 Å². The molecule has 2 amide bonds. The van der Waals surface area contributed by atoms with Gasteiger partial charge in [-0.25, -0.2) is 0 Å². The zero-order valence-electron chi connectivity index (χ0n) is 16.4. The molecule has 2 aromatic rings. The van der Waals surface area contributed by atoms with Gasteiger partial charge in [0.05, 0.1) is 19.9 Å². The average molecular weight is 382 g/mol. The van der Waals surface area contributed by atoms with Crippen molar-refractivity contribution >= 4 is 17.5 Å². The van der Waals surface area contributed by atoms with Gasteiger partial charge in [-0.15, -0.1) is 0 Å². The smallest absolute Gasteiger partial charge is 0.255 e. The first kappa shape index (κ1) is 19.7. The van der Waals surface area contributed by atoms with E-state index < -0.39 is 0 Å². The maximum Gasteiger partial charge on any atom is 0.255 e. The standard InChI is InChI=1S/C22H26N2O4/c1-27-18-10-11-19(20(15-18)28-2)23-21(25)16-8-7-9-17(14-16)22(26)24-12-5-3-4-6-13-24/h7-11,14-15H,3-6,12-13H2,1-2H3,(H,23,25). The minimum atomic E-state index is -0.297. The van der Waals surface area contributed by atoms with Crippen molar-refractivity contribution in [3.63, 3.8) is 0 Å². The Morgan fingerprint density at radius 3 is 2.29 bits per heavy atom. The summed E-state index contributed by atoms with van der Waals surface area (Å²) in [5, 5.41) is 2.84. The van der Waals surface area contributed by atoms with E-state index in [1.165, 1.54) is 7.11 Å². The molecule has 6 heteroatoms. The predicted molar refractivity (Wildman–Crippen MR) is 108 cm³/mol. The largest absolute Gasteiger partial charge is 0.497 e. The van der Waals surface area contributed by atoms with Gasteiger partial charge in [0.1, 0.15) is 11.5 Å². The van der Waals surface area contributed by atoms with Gasteiger partial charge in [0, 0.05) is 30.3 Å². The van der Waals surface area contributed by atoms with Crippen LogP contribution in [0.5, 0.6) is 11.5 Å². The van der Waals surface area contributed by atoms with Crippen molar-refractivity contribution < 1.29 is 19.1 Å². The Balaban J connectivity index is 1.76. The van der Waals surface area contributed by atoms with Crippen LogP contribution >= 0.6 is 0 Å². The van der Waals surface area contributed by atoms with E-state index in [1.807, 2.05) is 4.90 Å². The van der Waals surface area contributed by atoms with Crippen molar-refractivity contribution in [1.82, 2.24) is 4.90 Å². The molecule has 0 unspecified atom stereocenters. The molecule has 1 saturated heterocycles. The van der Waals surface area contributed by atoms with E-state index in [9.17, 15) is 9.59 Å². The van der Waals surface area contributed by atoms with Crippen LogP contribution < -0.4 is 14.8 Å². The summed E-state index contributed by atoms with van der Waals surface area (Å²) in [4.78, 5) is 27.4. The molecule has 0 spiro atoms. The second-order valence-electron chi connectivity index (χ2n) is 6.81. The van der Waals surface area contributed by atoms with Crippen LogP contribution in [-0.4, -0.2) is 44.0 Å². The molecular weight excluding hydrogens is 356 g/mol. The third-order valence-corrected chi connectivity index (χ3v) is 4.92. The number of anilines is 1. The van der Waals surface area contributed by atoms with Crippen LogP contribution in [0.15, 0.2) is 42.5 Å². The van der Waals surface area contributed by atoms with Crippen molar-refractivity contribution in [3.05, 3.63) is 53.6 Å². The number of methoxy groups -OCH3 is 2. The van der Waals surface area contributed by atoms with Crippen LogP contribution in [0, 0.1) is 0 Å². The lowest BCUT2D eigenvalue weighted by molar-refractivity contribution is 0.0761. The molecule has 1 heterocycles. The van der Waals surface area contributed by atoms with Gasteiger partial charge in [0.25, 0.3) is 11.8 Å². The number of hydrogen-bond acceptors (Lipinski definition) is 4. The van der Waals surface area contributed by atoms with Crippen LogP contribution in [0.1, 0.15) is 46.4 Å². The summed E-state index contributed by atoms with van der Waals surface area (Å²) in [7, 11) is 3.10. The first-order chi connectivity index (χ1) is 13.6. The first-order valence-corrected chi connectivity index (χ1v) is 9.55. The molecule has 1 N–H and O–H groups in total. The molecule has 3 rings (SSSR count). The van der Waals surface area contributed by atoms with Crippen molar-refractivity contribution in [3.8, 4) is 11.5 Å². The Hall–Kier alpha value is -3.02. The fourth-order valence-corrected chi connectivity index (χ4v) is 3.35. The van der Waals surface area contributed by atoms with Gasteiger partial charge in [-0.1, -0.05) is 18.9 Å². The third-order valence-electron chi connectivity index (χ3n) is 4.92. The van der Waals surface area contributed by atoms with Gasteiger partial charge in [-0.3, -0.25) is 9.59 Å². The van der Waals surface area contributed by atoms with E-state index in [1.54, 1.807) is 49.6 Å². The molecule has 1 fully saturated rings. The van der Waals surface area contributed by atoms with Gasteiger partial charge < -0.3 is 19.7 Å². The van der Waals surface area contributed by atoms with Crippen molar-refractivity contribution in [1.29, 1.82) is 0 Å². The normalized spacial score (nSPS) is 14.1. The van der Waals surface area contributed by atoms with Crippen LogP contribution in [0.2, 0.25) is 0 Å². The number of rotatable bonds is 5. The monoisotopic (exact) mass is 382 g/mol. The molecule has 0 radical (unpaired) electrons. The number of amides is 2. The summed E-state index contributed by atoms with van der Waals surface area (Å²) < 4.78 is 10.5. The Bertz CT molecular complexity index is 842. The molecule has 148 valence electrons. The zero-order valence-corrected chi connectivity index (χ0v) is 16.4. The van der Waals surface area contributed by atoms with Crippen molar-refractivity contribution in [2.45, 2.75) is 25.7 Å². The summed E-state index contributed by atoms with van der Waals surface area (Å²) in [5.74, 6) is 0.831. The zero-order chi connectivity index (χ0) is 19.9. The summed E-state index contributed by atoms with van der Waals surface area (Å²) in [6.45, 7) is 1.55. The fourth-order valence-electron chi connectivity index (χ4n) is 3.35. The summed E-state index contributed by atoms with van der Waals surface area (Å²) in [6.07, 6.45) is 4.39. The van der Waals surface area contributed by atoms with E-state index in [2.05, 4.69) is 5.32 Å². The average Bonchev–Trinajstić information content (AvgIpc) is 3.03. The Labute approximate surface area is 165 Å². The summed E-state index contributed by atoms with van der Waals surface area (Å²) in [5.41, 5.74) is 1.51. The molecule has 28 heavy (non-hydrogen) atoms. The number of likely N-dealkylation sites (tertiary alicyclic amines) is 1. The van der Waals surface area contributed by atoms with E-state index in [0.29, 0.717) is 28.3 Å². The van der Waals surface area contributed by atoms with Crippen LogP contribution in [0.4, 0.5) is 5.69 Å². The third kappa shape index (κ3) is 4.63. The van der Waals surface area contributed by atoms with E-state index in [-0.39, 0.29) is 11.8 Å². The SMILES string of the molecule is COc1ccc(NC(=O)c2cccc(C(=O)N3CCCCCC3)c2)c(OC)c1. The van der Waals surface area contributed by atoms with Crippen molar-refractivity contribution in [2.24, 2.45) is 0 Å². The van der Waals surface area contributed by atoms with E-state index >= 15 is 0 Å². The number of carbonyl (C=O) groups excluding carboxylic acids is 2. The van der Waals surface area contributed by atoms with E-state index in [4.69, 9.17) is 9.47 Å². The molecule has 0 atom stereocenters. The van der Waals surface area contributed by atoms with E-state index in [0.717, 1.165) is 38.8 Å². The highest BCUT2D eigenvalue weighted by molar-refractivity contribution is 6.06. The lowest BCUT2D eigenvalue weighted by atomic mass is 10.1. The fraction of sp³-hybridized carbons (Fsp3) is 0.364. The summed E-state index contributed by atoms with van der Waals surface area (Å²) >= 11 is 0. The number of nitrogens with one attached hydrogen (secondary N) is 1. The molecule has 1 aliphatic heterocycles. The quantitative estimate of drug-likeness (QED) is 0.850. The number of ether oxygens (including phenoxy) is 2. The lowest BCUT2D eigenvalue weighted by Crippen LogP contribution is -2.32. The second kappa shape index (κ2) is 9.26. The Kier molecular flexibility index (Phi) is 6.53. The topological polar surface area (TPSA) is 67.9 Å². The van der Waals surface area contributed by atoms with Gasteiger partial charge >= 0.3 is 0 Å².